The average Bonchev–Trinajstić information content (AvgIpc) is 3.48. The Hall–Kier alpha value is -4.03. The van der Waals surface area contributed by atoms with E-state index in [1.165, 1.54) is 0 Å². The van der Waals surface area contributed by atoms with Crippen LogP contribution in [0.5, 0.6) is 5.75 Å². The summed E-state index contributed by atoms with van der Waals surface area (Å²) in [5.41, 5.74) is 4.40. The normalized spacial score (nSPS) is 11.0. The number of carbonyl (C=O) groups is 1. The quantitative estimate of drug-likeness (QED) is 0.307. The summed E-state index contributed by atoms with van der Waals surface area (Å²) in [5.74, 6) is 1.58. The molecule has 164 valence electrons. The molecule has 0 bridgehead atoms. The Labute approximate surface area is 194 Å². The smallest absolute Gasteiger partial charge is 0.291 e. The first-order chi connectivity index (χ1) is 16.0. The number of benzene rings is 3. The molecule has 0 aliphatic carbocycles. The molecular weight excluding hydrogens is 440 g/mol. The van der Waals surface area contributed by atoms with Crippen LogP contribution in [0.25, 0.3) is 33.9 Å². The number of hydrogen-bond donors (Lipinski definition) is 1. The van der Waals surface area contributed by atoms with Gasteiger partial charge in [0.25, 0.3) is 5.91 Å². The molecule has 0 radical (unpaired) electrons. The summed E-state index contributed by atoms with van der Waals surface area (Å²) < 4.78 is 16.9. The van der Waals surface area contributed by atoms with E-state index in [-0.39, 0.29) is 11.7 Å². The maximum absolute atomic E-state index is 12.7. The van der Waals surface area contributed by atoms with Crippen molar-refractivity contribution in [3.8, 4) is 28.5 Å². The van der Waals surface area contributed by atoms with Gasteiger partial charge in [-0.25, -0.2) is 4.98 Å². The highest BCUT2D eigenvalue weighted by Gasteiger charge is 2.15. The molecule has 2 heterocycles. The molecule has 1 N–H and O–H groups in total. The third-order valence-corrected chi connectivity index (χ3v) is 5.66. The second-order valence-corrected chi connectivity index (χ2v) is 7.92. The van der Waals surface area contributed by atoms with Crippen LogP contribution in [0.2, 0.25) is 5.02 Å². The van der Waals surface area contributed by atoms with Crippen LogP contribution in [0, 0.1) is 6.92 Å². The minimum absolute atomic E-state index is 0.194. The highest BCUT2D eigenvalue weighted by Crippen LogP contribution is 2.29. The van der Waals surface area contributed by atoms with Crippen molar-refractivity contribution in [2.24, 2.45) is 0 Å². The van der Waals surface area contributed by atoms with Crippen molar-refractivity contribution in [3.05, 3.63) is 89.1 Å². The number of carbonyl (C=O) groups excluding carboxylic acids is 1. The Morgan fingerprint density at radius 3 is 2.67 bits per heavy atom. The number of ether oxygens (including phenoxy) is 1. The summed E-state index contributed by atoms with van der Waals surface area (Å²) in [6, 6.07) is 21.8. The lowest BCUT2D eigenvalue weighted by Gasteiger charge is -2.03. The summed E-state index contributed by atoms with van der Waals surface area (Å²) in [6.07, 6.45) is 0. The average molecular weight is 459 g/mol. The maximum Gasteiger partial charge on any atom is 0.291 e. The van der Waals surface area contributed by atoms with E-state index >= 15 is 0 Å². The number of nitrogens with one attached hydrogen (secondary N) is 1. The lowest BCUT2D eigenvalue weighted by atomic mass is 10.1. The number of aromatic nitrogens is 1. The van der Waals surface area contributed by atoms with Crippen LogP contribution < -0.4 is 10.1 Å². The molecule has 0 saturated heterocycles. The molecule has 33 heavy (non-hydrogen) atoms. The first-order valence-electron chi connectivity index (χ1n) is 10.2. The van der Waals surface area contributed by atoms with Crippen molar-refractivity contribution >= 4 is 34.3 Å². The molecule has 1 amide bonds. The second-order valence-electron chi connectivity index (χ2n) is 7.52. The fraction of sp³-hybridized carbons (Fsp3) is 0.0769. The zero-order valence-corrected chi connectivity index (χ0v) is 18.6. The Bertz CT molecular complexity index is 1480. The van der Waals surface area contributed by atoms with Gasteiger partial charge in [-0.3, -0.25) is 4.79 Å². The molecule has 5 rings (SSSR count). The van der Waals surface area contributed by atoms with Crippen molar-refractivity contribution in [2.75, 3.05) is 12.4 Å². The summed E-state index contributed by atoms with van der Waals surface area (Å²) in [5, 5.41) is 3.49. The fourth-order valence-corrected chi connectivity index (χ4v) is 3.62. The Balaban J connectivity index is 1.36. The second kappa shape index (κ2) is 8.48. The third kappa shape index (κ3) is 4.21. The summed E-state index contributed by atoms with van der Waals surface area (Å²) in [4.78, 5) is 17.3. The van der Waals surface area contributed by atoms with E-state index in [0.717, 1.165) is 16.7 Å². The predicted octanol–water partition coefficient (Wildman–Crippen LogP) is 6.98. The third-order valence-electron chi connectivity index (χ3n) is 5.25. The standard InChI is InChI=1S/C26H19ClN2O4/c1-15-6-7-16(13-20(15)27)22-10-11-24(32-22)25(30)28-18-8-9-23-21(14-18)29-26(33-23)17-4-3-5-19(12-17)31-2/h3-14H,1-2H3,(H,28,30). The molecule has 0 atom stereocenters. The van der Waals surface area contributed by atoms with Gasteiger partial charge in [-0.15, -0.1) is 0 Å². The molecule has 0 fully saturated rings. The van der Waals surface area contributed by atoms with Crippen molar-refractivity contribution in [3.63, 3.8) is 0 Å². The van der Waals surface area contributed by atoms with Crippen LogP contribution in [0.4, 0.5) is 5.69 Å². The lowest BCUT2D eigenvalue weighted by Crippen LogP contribution is -2.10. The molecule has 3 aromatic carbocycles. The fourth-order valence-electron chi connectivity index (χ4n) is 3.44. The van der Waals surface area contributed by atoms with Gasteiger partial charge in [0, 0.05) is 21.8 Å². The molecule has 0 saturated carbocycles. The van der Waals surface area contributed by atoms with Crippen LogP contribution in [-0.4, -0.2) is 18.0 Å². The highest BCUT2D eigenvalue weighted by molar-refractivity contribution is 6.31. The van der Waals surface area contributed by atoms with Gasteiger partial charge in [0.2, 0.25) is 5.89 Å². The molecule has 0 spiro atoms. The number of fused-ring (bicyclic) bond motifs is 1. The van der Waals surface area contributed by atoms with Gasteiger partial charge in [-0.05, 0) is 67.1 Å². The van der Waals surface area contributed by atoms with Gasteiger partial charge in [-0.1, -0.05) is 29.8 Å². The molecule has 0 aliphatic rings. The molecule has 7 heteroatoms. The molecule has 5 aromatic rings. The predicted molar refractivity (Wildman–Crippen MR) is 128 cm³/mol. The molecular formula is C26H19ClN2O4. The van der Waals surface area contributed by atoms with E-state index in [0.29, 0.717) is 39.2 Å². The SMILES string of the molecule is COc1cccc(-c2nc3cc(NC(=O)c4ccc(-c5ccc(C)c(Cl)c5)o4)ccc3o2)c1. The Morgan fingerprint density at radius 2 is 1.85 bits per heavy atom. The first kappa shape index (κ1) is 20.8. The van der Waals surface area contributed by atoms with Crippen LogP contribution in [0.3, 0.4) is 0 Å². The van der Waals surface area contributed by atoms with Crippen molar-refractivity contribution < 1.29 is 18.4 Å². The number of nitrogens with zero attached hydrogens (tertiary/aromatic N) is 1. The number of methoxy groups -OCH3 is 1. The van der Waals surface area contributed by atoms with E-state index in [9.17, 15) is 4.79 Å². The lowest BCUT2D eigenvalue weighted by molar-refractivity contribution is 0.0997. The summed E-state index contributed by atoms with van der Waals surface area (Å²) >= 11 is 6.20. The van der Waals surface area contributed by atoms with E-state index < -0.39 is 0 Å². The monoisotopic (exact) mass is 458 g/mol. The Morgan fingerprint density at radius 1 is 0.970 bits per heavy atom. The zero-order chi connectivity index (χ0) is 22.9. The minimum atomic E-state index is -0.365. The van der Waals surface area contributed by atoms with Crippen LogP contribution >= 0.6 is 11.6 Å². The number of furan rings is 1. The van der Waals surface area contributed by atoms with E-state index in [1.807, 2.05) is 49.4 Å². The minimum Gasteiger partial charge on any atom is -0.497 e. The number of rotatable bonds is 5. The van der Waals surface area contributed by atoms with Gasteiger partial charge in [0.1, 0.15) is 17.0 Å². The number of amides is 1. The highest BCUT2D eigenvalue weighted by atomic mass is 35.5. The molecule has 0 aliphatic heterocycles. The van der Waals surface area contributed by atoms with Crippen molar-refractivity contribution in [1.82, 2.24) is 4.98 Å². The van der Waals surface area contributed by atoms with Crippen LogP contribution in [-0.2, 0) is 0 Å². The van der Waals surface area contributed by atoms with Crippen LogP contribution in [0.1, 0.15) is 16.1 Å². The van der Waals surface area contributed by atoms with Crippen molar-refractivity contribution in [1.29, 1.82) is 0 Å². The number of oxazole rings is 1. The number of aryl methyl sites for hydroxylation is 1. The van der Waals surface area contributed by atoms with Crippen molar-refractivity contribution in [2.45, 2.75) is 6.92 Å². The Kier molecular flexibility index (Phi) is 5.36. The van der Waals surface area contributed by atoms with Gasteiger partial charge in [-0.2, -0.15) is 0 Å². The number of anilines is 1. The zero-order valence-electron chi connectivity index (χ0n) is 17.9. The van der Waals surface area contributed by atoms with E-state index in [2.05, 4.69) is 10.3 Å². The van der Waals surface area contributed by atoms with Gasteiger partial charge >= 0.3 is 0 Å². The van der Waals surface area contributed by atoms with Gasteiger partial charge < -0.3 is 18.9 Å². The number of halogens is 1. The molecule has 0 unspecified atom stereocenters. The van der Waals surface area contributed by atoms with Gasteiger partial charge in [0.05, 0.1) is 7.11 Å². The molecule has 6 nitrogen and oxygen atoms in total. The van der Waals surface area contributed by atoms with E-state index in [4.69, 9.17) is 25.2 Å². The first-order valence-corrected chi connectivity index (χ1v) is 10.6. The van der Waals surface area contributed by atoms with E-state index in [1.54, 1.807) is 37.4 Å². The van der Waals surface area contributed by atoms with Gasteiger partial charge in [0.15, 0.2) is 11.3 Å². The number of hydrogen-bond acceptors (Lipinski definition) is 5. The summed E-state index contributed by atoms with van der Waals surface area (Å²) in [7, 11) is 1.61. The summed E-state index contributed by atoms with van der Waals surface area (Å²) in [6.45, 7) is 1.93. The van der Waals surface area contributed by atoms with Crippen LogP contribution in [0.15, 0.2) is 81.6 Å². The topological polar surface area (TPSA) is 77.5 Å². The largest absolute Gasteiger partial charge is 0.497 e. The molecule has 2 aromatic heterocycles. The maximum atomic E-state index is 12.7.